The van der Waals surface area contributed by atoms with Gasteiger partial charge in [0.15, 0.2) is 0 Å². The Bertz CT molecular complexity index is 231. The maximum Gasteiger partial charge on any atom is 0.315 e. The molecule has 94 valence electrons. The molecule has 0 aliphatic rings. The number of carbonyl (C=O) groups is 2. The van der Waals surface area contributed by atoms with Gasteiger partial charge in [-0.1, -0.05) is 13.8 Å². The summed E-state index contributed by atoms with van der Waals surface area (Å²) in [5.41, 5.74) is 0. The van der Waals surface area contributed by atoms with Crippen molar-refractivity contribution in [2.45, 2.75) is 32.7 Å². The van der Waals surface area contributed by atoms with Crippen molar-refractivity contribution in [3.8, 4) is 0 Å². The predicted molar refractivity (Wildman–Crippen MR) is 59.1 cm³/mol. The van der Waals surface area contributed by atoms with Gasteiger partial charge in [0.05, 0.1) is 19.1 Å². The number of carboxylic acid groups (broad SMARTS) is 1. The molecule has 0 aromatic carbocycles. The van der Waals surface area contributed by atoms with Crippen LogP contribution < -0.4 is 10.6 Å². The highest BCUT2D eigenvalue weighted by molar-refractivity contribution is 5.75. The lowest BCUT2D eigenvalue weighted by molar-refractivity contribution is -0.136. The lowest BCUT2D eigenvalue weighted by Crippen LogP contribution is -2.44. The second kappa shape index (κ2) is 7.92. The van der Waals surface area contributed by atoms with E-state index < -0.39 is 12.0 Å². The fraction of sp³-hybridized carbons (Fsp3) is 0.800. The smallest absolute Gasteiger partial charge is 0.315 e. The molecule has 0 radical (unpaired) electrons. The summed E-state index contributed by atoms with van der Waals surface area (Å²) in [4.78, 5) is 21.4. The van der Waals surface area contributed by atoms with Gasteiger partial charge in [0.25, 0.3) is 0 Å². The Balaban J connectivity index is 3.78. The highest BCUT2D eigenvalue weighted by Crippen LogP contribution is 2.03. The minimum atomic E-state index is -0.957. The van der Waals surface area contributed by atoms with Gasteiger partial charge >= 0.3 is 12.0 Å². The number of aliphatic carboxylic acids is 1. The van der Waals surface area contributed by atoms with E-state index in [-0.39, 0.29) is 25.6 Å². The van der Waals surface area contributed by atoms with Crippen LogP contribution in [0.4, 0.5) is 4.79 Å². The standard InChI is InChI=1S/C10H20N2O4/c1-7(2)5-8(6-13)12-10(16)11-4-3-9(14)15/h7-8,13H,3-6H2,1-2H3,(H,14,15)(H2,11,12,16). The molecular weight excluding hydrogens is 212 g/mol. The van der Waals surface area contributed by atoms with Crippen LogP contribution in [0.15, 0.2) is 0 Å². The van der Waals surface area contributed by atoms with E-state index in [1.54, 1.807) is 0 Å². The first-order valence-electron chi connectivity index (χ1n) is 5.32. The molecule has 4 N–H and O–H groups in total. The average Bonchev–Trinajstić information content (AvgIpc) is 2.15. The van der Waals surface area contributed by atoms with Crippen molar-refractivity contribution in [2.75, 3.05) is 13.2 Å². The maximum absolute atomic E-state index is 11.2. The Morgan fingerprint density at radius 3 is 2.38 bits per heavy atom. The Morgan fingerprint density at radius 2 is 1.94 bits per heavy atom. The highest BCUT2D eigenvalue weighted by Gasteiger charge is 2.12. The van der Waals surface area contributed by atoms with Crippen molar-refractivity contribution in [1.82, 2.24) is 10.6 Å². The van der Waals surface area contributed by atoms with Crippen LogP contribution in [0.3, 0.4) is 0 Å². The van der Waals surface area contributed by atoms with Crippen molar-refractivity contribution < 1.29 is 19.8 Å². The topological polar surface area (TPSA) is 98.7 Å². The Morgan fingerprint density at radius 1 is 1.31 bits per heavy atom. The van der Waals surface area contributed by atoms with Gasteiger partial charge in [0, 0.05) is 6.54 Å². The third kappa shape index (κ3) is 8.05. The van der Waals surface area contributed by atoms with E-state index in [0.29, 0.717) is 12.3 Å². The van der Waals surface area contributed by atoms with Gasteiger partial charge in [-0.05, 0) is 12.3 Å². The summed E-state index contributed by atoms with van der Waals surface area (Å²) in [6.07, 6.45) is 0.574. The quantitative estimate of drug-likeness (QED) is 0.502. The molecule has 1 atom stereocenters. The molecule has 16 heavy (non-hydrogen) atoms. The molecule has 0 bridgehead atoms. The van der Waals surface area contributed by atoms with E-state index in [2.05, 4.69) is 10.6 Å². The molecule has 0 aliphatic heterocycles. The van der Waals surface area contributed by atoms with Crippen LogP contribution in [0.5, 0.6) is 0 Å². The molecule has 6 nitrogen and oxygen atoms in total. The van der Waals surface area contributed by atoms with Crippen LogP contribution in [-0.4, -0.2) is 41.4 Å². The minimum absolute atomic E-state index is 0.0843. The van der Waals surface area contributed by atoms with Crippen molar-refractivity contribution in [2.24, 2.45) is 5.92 Å². The second-order valence-electron chi connectivity index (χ2n) is 4.05. The second-order valence-corrected chi connectivity index (χ2v) is 4.05. The van der Waals surface area contributed by atoms with E-state index in [4.69, 9.17) is 10.2 Å². The first kappa shape index (κ1) is 14.7. The number of hydrogen-bond donors (Lipinski definition) is 4. The Labute approximate surface area is 95.0 Å². The molecule has 0 saturated carbocycles. The van der Waals surface area contributed by atoms with Gasteiger partial charge in [-0.2, -0.15) is 0 Å². The Hall–Kier alpha value is -1.30. The van der Waals surface area contributed by atoms with Crippen LogP contribution in [0, 0.1) is 5.92 Å². The van der Waals surface area contributed by atoms with E-state index in [1.807, 2.05) is 13.8 Å². The zero-order valence-electron chi connectivity index (χ0n) is 9.69. The molecule has 2 amide bonds. The summed E-state index contributed by atoms with van der Waals surface area (Å²) in [7, 11) is 0. The van der Waals surface area contributed by atoms with Crippen molar-refractivity contribution in [1.29, 1.82) is 0 Å². The zero-order valence-corrected chi connectivity index (χ0v) is 9.69. The van der Waals surface area contributed by atoms with Crippen LogP contribution in [0.2, 0.25) is 0 Å². The maximum atomic E-state index is 11.2. The van der Waals surface area contributed by atoms with Gasteiger partial charge in [-0.15, -0.1) is 0 Å². The van der Waals surface area contributed by atoms with Crippen molar-refractivity contribution >= 4 is 12.0 Å². The molecular formula is C10H20N2O4. The number of aliphatic hydroxyl groups excluding tert-OH is 1. The summed E-state index contributed by atoms with van der Waals surface area (Å²) in [6.45, 7) is 3.95. The molecule has 0 spiro atoms. The van der Waals surface area contributed by atoms with Crippen molar-refractivity contribution in [3.63, 3.8) is 0 Å². The molecule has 0 aromatic heterocycles. The van der Waals surface area contributed by atoms with E-state index >= 15 is 0 Å². The number of rotatable bonds is 7. The lowest BCUT2D eigenvalue weighted by atomic mass is 10.0. The van der Waals surface area contributed by atoms with Crippen LogP contribution in [0.1, 0.15) is 26.7 Å². The number of urea groups is 1. The molecule has 1 unspecified atom stereocenters. The van der Waals surface area contributed by atoms with Crippen LogP contribution >= 0.6 is 0 Å². The number of nitrogens with one attached hydrogen (secondary N) is 2. The van der Waals surface area contributed by atoms with Gasteiger partial charge < -0.3 is 20.8 Å². The molecule has 0 saturated heterocycles. The first-order valence-corrected chi connectivity index (χ1v) is 5.32. The van der Waals surface area contributed by atoms with Gasteiger partial charge in [0.2, 0.25) is 0 Å². The molecule has 0 aliphatic carbocycles. The van der Waals surface area contributed by atoms with Crippen LogP contribution in [-0.2, 0) is 4.79 Å². The molecule has 6 heteroatoms. The third-order valence-corrected chi connectivity index (χ3v) is 1.94. The fourth-order valence-corrected chi connectivity index (χ4v) is 1.27. The lowest BCUT2D eigenvalue weighted by Gasteiger charge is -2.18. The van der Waals surface area contributed by atoms with E-state index in [9.17, 15) is 9.59 Å². The number of hydrogen-bond acceptors (Lipinski definition) is 3. The van der Waals surface area contributed by atoms with E-state index in [0.717, 1.165) is 0 Å². The summed E-state index contributed by atoms with van der Waals surface area (Å²) in [5.74, 6) is -0.586. The summed E-state index contributed by atoms with van der Waals surface area (Å²) < 4.78 is 0. The first-order chi connectivity index (χ1) is 7.45. The summed E-state index contributed by atoms with van der Waals surface area (Å²) >= 11 is 0. The number of carboxylic acids is 1. The highest BCUT2D eigenvalue weighted by atomic mass is 16.4. The average molecular weight is 232 g/mol. The van der Waals surface area contributed by atoms with Crippen LogP contribution in [0.25, 0.3) is 0 Å². The van der Waals surface area contributed by atoms with Gasteiger partial charge in [-0.3, -0.25) is 4.79 Å². The molecule has 0 heterocycles. The van der Waals surface area contributed by atoms with Gasteiger partial charge in [0.1, 0.15) is 0 Å². The fourth-order valence-electron chi connectivity index (χ4n) is 1.27. The van der Waals surface area contributed by atoms with Crippen molar-refractivity contribution in [3.05, 3.63) is 0 Å². The SMILES string of the molecule is CC(C)CC(CO)NC(=O)NCCC(=O)O. The third-order valence-electron chi connectivity index (χ3n) is 1.94. The molecule has 0 aromatic rings. The molecule has 0 fully saturated rings. The predicted octanol–water partition coefficient (Wildman–Crippen LogP) is 0.167. The summed E-state index contributed by atoms with van der Waals surface area (Å²) in [5, 5.41) is 22.4. The number of aliphatic hydroxyl groups is 1. The normalized spacial score (nSPS) is 12.2. The Kier molecular flexibility index (Phi) is 7.28. The zero-order chi connectivity index (χ0) is 12.6. The number of carbonyl (C=O) groups excluding carboxylic acids is 1. The molecule has 0 rings (SSSR count). The number of amides is 2. The summed E-state index contributed by atoms with van der Waals surface area (Å²) in [6, 6.07) is -0.731. The monoisotopic (exact) mass is 232 g/mol. The largest absolute Gasteiger partial charge is 0.481 e. The van der Waals surface area contributed by atoms with Gasteiger partial charge in [-0.25, -0.2) is 4.79 Å². The van der Waals surface area contributed by atoms with E-state index in [1.165, 1.54) is 0 Å². The minimum Gasteiger partial charge on any atom is -0.481 e.